The van der Waals surface area contributed by atoms with Crippen LogP contribution in [-0.4, -0.2) is 29.9 Å². The van der Waals surface area contributed by atoms with Crippen LogP contribution in [0.2, 0.25) is 0 Å². The van der Waals surface area contributed by atoms with E-state index in [9.17, 15) is 9.59 Å². The summed E-state index contributed by atoms with van der Waals surface area (Å²) in [6.07, 6.45) is 2.16. The molecule has 0 bridgehead atoms. The van der Waals surface area contributed by atoms with Gasteiger partial charge in [-0.15, -0.1) is 0 Å². The topological polar surface area (TPSA) is 84.2 Å². The Morgan fingerprint density at radius 3 is 2.10 bits per heavy atom. The number of carbonyl (C=O) groups is 2. The standard InChI is InChI=1S/C15H31N3O2/c1-11(2)9-15(5,10-16)18-14(20)8-6-7-13(19)17-12(3)4/h11-12H,6-10,16H2,1-5H3,(H,17,19)(H,18,20). The third kappa shape index (κ3) is 8.91. The first-order valence-corrected chi connectivity index (χ1v) is 7.49. The monoisotopic (exact) mass is 285 g/mol. The van der Waals surface area contributed by atoms with Crippen LogP contribution in [0.15, 0.2) is 0 Å². The molecule has 0 saturated carbocycles. The van der Waals surface area contributed by atoms with Crippen molar-refractivity contribution in [3.8, 4) is 0 Å². The number of amides is 2. The zero-order valence-electron chi connectivity index (χ0n) is 13.6. The van der Waals surface area contributed by atoms with Crippen molar-refractivity contribution in [2.45, 2.75) is 71.9 Å². The van der Waals surface area contributed by atoms with Gasteiger partial charge in [-0.1, -0.05) is 13.8 Å². The van der Waals surface area contributed by atoms with E-state index in [1.807, 2.05) is 20.8 Å². The molecule has 0 aliphatic heterocycles. The Morgan fingerprint density at radius 1 is 1.10 bits per heavy atom. The fourth-order valence-electron chi connectivity index (χ4n) is 2.29. The van der Waals surface area contributed by atoms with Crippen LogP contribution in [0.3, 0.4) is 0 Å². The minimum atomic E-state index is -0.356. The Kier molecular flexibility index (Phi) is 8.46. The van der Waals surface area contributed by atoms with Crippen molar-refractivity contribution in [3.63, 3.8) is 0 Å². The van der Waals surface area contributed by atoms with E-state index in [4.69, 9.17) is 5.73 Å². The molecule has 0 radical (unpaired) electrons. The van der Waals surface area contributed by atoms with Gasteiger partial charge >= 0.3 is 0 Å². The lowest BCUT2D eigenvalue weighted by molar-refractivity contribution is -0.123. The molecule has 0 aromatic carbocycles. The van der Waals surface area contributed by atoms with E-state index in [1.165, 1.54) is 0 Å². The summed E-state index contributed by atoms with van der Waals surface area (Å²) in [5, 5.41) is 5.80. The maximum absolute atomic E-state index is 11.9. The molecule has 1 atom stereocenters. The number of rotatable bonds is 9. The smallest absolute Gasteiger partial charge is 0.220 e. The summed E-state index contributed by atoms with van der Waals surface area (Å²) >= 11 is 0. The summed E-state index contributed by atoms with van der Waals surface area (Å²) in [5.41, 5.74) is 5.40. The molecule has 0 aromatic rings. The molecule has 5 heteroatoms. The van der Waals surface area contributed by atoms with Crippen molar-refractivity contribution in [1.29, 1.82) is 0 Å². The molecule has 0 aromatic heterocycles. The maximum Gasteiger partial charge on any atom is 0.220 e. The third-order valence-corrected chi connectivity index (χ3v) is 3.01. The van der Waals surface area contributed by atoms with Crippen molar-refractivity contribution in [2.24, 2.45) is 11.7 Å². The van der Waals surface area contributed by atoms with E-state index in [-0.39, 0.29) is 23.4 Å². The number of hydrogen-bond donors (Lipinski definition) is 3. The molecule has 0 spiro atoms. The first-order valence-electron chi connectivity index (χ1n) is 7.49. The Labute approximate surface area is 123 Å². The highest BCUT2D eigenvalue weighted by Gasteiger charge is 2.25. The summed E-state index contributed by atoms with van der Waals surface area (Å²) in [7, 11) is 0. The summed E-state index contributed by atoms with van der Waals surface area (Å²) in [5.74, 6) is 0.438. The molecule has 0 aliphatic carbocycles. The van der Waals surface area contributed by atoms with E-state index >= 15 is 0 Å². The predicted molar refractivity (Wildman–Crippen MR) is 82.2 cm³/mol. The number of nitrogens with one attached hydrogen (secondary N) is 2. The van der Waals surface area contributed by atoms with Crippen LogP contribution in [0.1, 0.15) is 60.3 Å². The van der Waals surface area contributed by atoms with Gasteiger partial charge in [-0.3, -0.25) is 9.59 Å². The van der Waals surface area contributed by atoms with E-state index in [2.05, 4.69) is 24.5 Å². The molecule has 0 aliphatic rings. The van der Waals surface area contributed by atoms with Gasteiger partial charge in [0, 0.05) is 31.0 Å². The van der Waals surface area contributed by atoms with Gasteiger partial charge in [0.1, 0.15) is 0 Å². The van der Waals surface area contributed by atoms with E-state index in [1.54, 1.807) is 0 Å². The van der Waals surface area contributed by atoms with Crippen LogP contribution in [0.5, 0.6) is 0 Å². The lowest BCUT2D eigenvalue weighted by Crippen LogP contribution is -2.52. The van der Waals surface area contributed by atoms with Gasteiger partial charge in [-0.2, -0.15) is 0 Å². The summed E-state index contributed by atoms with van der Waals surface area (Å²) in [6.45, 7) is 10.4. The Morgan fingerprint density at radius 2 is 1.65 bits per heavy atom. The second kappa shape index (κ2) is 8.95. The number of hydrogen-bond acceptors (Lipinski definition) is 3. The third-order valence-electron chi connectivity index (χ3n) is 3.01. The fraction of sp³-hybridized carbons (Fsp3) is 0.867. The summed E-state index contributed by atoms with van der Waals surface area (Å²) in [4.78, 5) is 23.4. The van der Waals surface area contributed by atoms with Gasteiger partial charge in [-0.25, -0.2) is 0 Å². The van der Waals surface area contributed by atoms with Gasteiger partial charge < -0.3 is 16.4 Å². The zero-order valence-corrected chi connectivity index (χ0v) is 13.6. The predicted octanol–water partition coefficient (Wildman–Crippen LogP) is 1.56. The molecule has 0 rings (SSSR count). The molecule has 0 fully saturated rings. The fourth-order valence-corrected chi connectivity index (χ4v) is 2.29. The summed E-state index contributed by atoms with van der Waals surface area (Å²) < 4.78 is 0. The molecule has 0 heterocycles. The van der Waals surface area contributed by atoms with E-state index < -0.39 is 0 Å². The SMILES string of the molecule is CC(C)CC(C)(CN)NC(=O)CCCC(=O)NC(C)C. The molecule has 118 valence electrons. The van der Waals surface area contributed by atoms with E-state index in [0.29, 0.717) is 31.7 Å². The molecule has 4 N–H and O–H groups in total. The summed E-state index contributed by atoms with van der Waals surface area (Å²) in [6, 6.07) is 0.142. The lowest BCUT2D eigenvalue weighted by Gasteiger charge is -2.31. The maximum atomic E-state index is 11.9. The van der Waals surface area contributed by atoms with Crippen molar-refractivity contribution < 1.29 is 9.59 Å². The molecule has 0 saturated heterocycles. The van der Waals surface area contributed by atoms with Gasteiger partial charge in [0.2, 0.25) is 11.8 Å². The van der Waals surface area contributed by atoms with Crippen LogP contribution in [0.4, 0.5) is 0 Å². The number of nitrogens with two attached hydrogens (primary N) is 1. The van der Waals surface area contributed by atoms with E-state index in [0.717, 1.165) is 6.42 Å². The van der Waals surface area contributed by atoms with Gasteiger partial charge in [0.25, 0.3) is 0 Å². The molecule has 5 nitrogen and oxygen atoms in total. The van der Waals surface area contributed by atoms with Crippen LogP contribution in [-0.2, 0) is 9.59 Å². The average molecular weight is 285 g/mol. The van der Waals surface area contributed by atoms with Crippen LogP contribution >= 0.6 is 0 Å². The average Bonchev–Trinajstić information content (AvgIpc) is 2.26. The van der Waals surface area contributed by atoms with Crippen LogP contribution in [0, 0.1) is 5.92 Å². The highest BCUT2D eigenvalue weighted by atomic mass is 16.2. The first kappa shape index (κ1) is 18.9. The second-order valence-corrected chi connectivity index (χ2v) is 6.49. The Bertz CT molecular complexity index is 316. The highest BCUT2D eigenvalue weighted by Crippen LogP contribution is 2.15. The van der Waals surface area contributed by atoms with Gasteiger partial charge in [0.15, 0.2) is 0 Å². The quantitative estimate of drug-likeness (QED) is 0.601. The van der Waals surface area contributed by atoms with Gasteiger partial charge in [0.05, 0.1) is 0 Å². The molecule has 20 heavy (non-hydrogen) atoms. The van der Waals surface area contributed by atoms with Crippen molar-refractivity contribution in [2.75, 3.05) is 6.54 Å². The molecular weight excluding hydrogens is 254 g/mol. The Hall–Kier alpha value is -1.10. The second-order valence-electron chi connectivity index (χ2n) is 6.49. The minimum absolute atomic E-state index is 0.00318. The molecular formula is C15H31N3O2. The van der Waals surface area contributed by atoms with Gasteiger partial charge in [-0.05, 0) is 39.5 Å². The Balaban J connectivity index is 4.06. The largest absolute Gasteiger partial charge is 0.354 e. The van der Waals surface area contributed by atoms with Crippen molar-refractivity contribution in [1.82, 2.24) is 10.6 Å². The lowest BCUT2D eigenvalue weighted by atomic mass is 9.90. The molecule has 2 amide bonds. The van der Waals surface area contributed by atoms with Crippen LogP contribution in [0.25, 0.3) is 0 Å². The first-order chi connectivity index (χ1) is 9.18. The van der Waals surface area contributed by atoms with Crippen LogP contribution < -0.4 is 16.4 Å². The molecule has 1 unspecified atom stereocenters. The van der Waals surface area contributed by atoms with Crippen molar-refractivity contribution >= 4 is 11.8 Å². The zero-order chi connectivity index (χ0) is 15.8. The minimum Gasteiger partial charge on any atom is -0.354 e. The number of carbonyl (C=O) groups excluding carboxylic acids is 2. The van der Waals surface area contributed by atoms with Crippen molar-refractivity contribution in [3.05, 3.63) is 0 Å². The normalized spacial score (nSPS) is 14.2. The highest BCUT2D eigenvalue weighted by molar-refractivity contribution is 5.79.